The lowest BCUT2D eigenvalue weighted by atomic mass is 9.92. The molecule has 1 aromatic heterocycles. The maximum absolute atomic E-state index is 11.5. The number of carbonyl (C=O) groups is 1. The molecule has 0 aliphatic carbocycles. The van der Waals surface area contributed by atoms with E-state index in [0.29, 0.717) is 6.04 Å². The Morgan fingerprint density at radius 2 is 2.09 bits per heavy atom. The summed E-state index contributed by atoms with van der Waals surface area (Å²) in [4.78, 5) is 13.8. The van der Waals surface area contributed by atoms with Crippen LogP contribution in [-0.4, -0.2) is 33.6 Å². The number of nitrogens with zero attached hydrogens (tertiary/aromatic N) is 2. The summed E-state index contributed by atoms with van der Waals surface area (Å²) < 4.78 is 0. The highest BCUT2D eigenvalue weighted by atomic mass is 16.1. The van der Waals surface area contributed by atoms with Gasteiger partial charge in [-0.05, 0) is 32.3 Å². The van der Waals surface area contributed by atoms with Crippen LogP contribution in [0.4, 0.5) is 0 Å². The van der Waals surface area contributed by atoms with Gasteiger partial charge in [-0.3, -0.25) is 14.8 Å². The molecule has 1 fully saturated rings. The Morgan fingerprint density at radius 1 is 1.35 bits per heavy atom. The maximum Gasteiger partial charge on any atom is 0.221 e. The maximum atomic E-state index is 11.5. The van der Waals surface area contributed by atoms with Crippen molar-refractivity contribution in [3.8, 4) is 11.3 Å². The molecular weight excluding hydrogens is 288 g/mol. The van der Waals surface area contributed by atoms with E-state index in [2.05, 4.69) is 53.2 Å². The van der Waals surface area contributed by atoms with Crippen LogP contribution in [-0.2, 0) is 11.3 Å². The average molecular weight is 312 g/mol. The Kier molecular flexibility index (Phi) is 4.48. The molecule has 0 spiro atoms. The predicted octanol–water partition coefficient (Wildman–Crippen LogP) is 2.47. The third-order valence-corrected chi connectivity index (χ3v) is 4.85. The van der Waals surface area contributed by atoms with Crippen molar-refractivity contribution in [3.63, 3.8) is 0 Å². The van der Waals surface area contributed by atoms with E-state index in [1.807, 2.05) is 6.20 Å². The van der Waals surface area contributed by atoms with Gasteiger partial charge >= 0.3 is 0 Å². The second kappa shape index (κ2) is 6.54. The molecule has 1 aliphatic heterocycles. The summed E-state index contributed by atoms with van der Waals surface area (Å²) in [6.07, 6.45) is 3.78. The van der Waals surface area contributed by atoms with E-state index in [1.54, 1.807) is 0 Å². The van der Waals surface area contributed by atoms with Crippen LogP contribution >= 0.6 is 0 Å². The summed E-state index contributed by atoms with van der Waals surface area (Å²) in [5, 5.41) is 7.33. The van der Waals surface area contributed by atoms with Crippen LogP contribution in [0.1, 0.15) is 30.9 Å². The first-order chi connectivity index (χ1) is 11.0. The SMILES string of the molecule is Cc1ccc(-c2[nH]ncc2CN2C[C@H](C(N)=O)CC[C@@H]2C)cc1. The van der Waals surface area contributed by atoms with Gasteiger partial charge < -0.3 is 5.73 Å². The number of likely N-dealkylation sites (tertiary alicyclic amines) is 1. The number of hydrogen-bond donors (Lipinski definition) is 2. The molecule has 3 rings (SSSR count). The first-order valence-corrected chi connectivity index (χ1v) is 8.17. The smallest absolute Gasteiger partial charge is 0.221 e. The van der Waals surface area contributed by atoms with Gasteiger partial charge in [0.2, 0.25) is 5.91 Å². The van der Waals surface area contributed by atoms with Crippen LogP contribution in [0.5, 0.6) is 0 Å². The fraction of sp³-hybridized carbons (Fsp3) is 0.444. The predicted molar refractivity (Wildman–Crippen MR) is 90.6 cm³/mol. The number of H-pyrrole nitrogens is 1. The van der Waals surface area contributed by atoms with Crippen molar-refractivity contribution in [1.29, 1.82) is 0 Å². The summed E-state index contributed by atoms with van der Waals surface area (Å²) in [6.45, 7) is 5.81. The molecule has 0 bridgehead atoms. The fourth-order valence-corrected chi connectivity index (χ4v) is 3.25. The minimum absolute atomic E-state index is 0.0408. The van der Waals surface area contributed by atoms with Crippen LogP contribution in [0, 0.1) is 12.8 Å². The Hall–Kier alpha value is -2.14. The van der Waals surface area contributed by atoms with Gasteiger partial charge in [-0.15, -0.1) is 0 Å². The third kappa shape index (κ3) is 3.45. The molecule has 1 saturated heterocycles. The number of aryl methyl sites for hydroxylation is 1. The topological polar surface area (TPSA) is 75.0 Å². The zero-order valence-corrected chi connectivity index (χ0v) is 13.7. The van der Waals surface area contributed by atoms with E-state index in [9.17, 15) is 4.79 Å². The number of carbonyl (C=O) groups excluding carboxylic acids is 1. The second-order valence-corrected chi connectivity index (χ2v) is 6.59. The van der Waals surface area contributed by atoms with Gasteiger partial charge in [0.1, 0.15) is 0 Å². The summed E-state index contributed by atoms with van der Waals surface area (Å²) in [5.74, 6) is -0.228. The quantitative estimate of drug-likeness (QED) is 0.910. The summed E-state index contributed by atoms with van der Waals surface area (Å²) in [6, 6.07) is 8.88. The number of primary amides is 1. The molecule has 0 radical (unpaired) electrons. The van der Waals surface area contributed by atoms with Gasteiger partial charge in [-0.2, -0.15) is 5.10 Å². The van der Waals surface area contributed by atoms with Crippen LogP contribution in [0.15, 0.2) is 30.5 Å². The molecule has 3 N–H and O–H groups in total. The van der Waals surface area contributed by atoms with Crippen LogP contribution in [0.3, 0.4) is 0 Å². The molecule has 0 saturated carbocycles. The number of hydrogen-bond acceptors (Lipinski definition) is 3. The third-order valence-electron chi connectivity index (χ3n) is 4.85. The number of nitrogens with one attached hydrogen (secondary N) is 1. The van der Waals surface area contributed by atoms with Gasteiger partial charge in [-0.1, -0.05) is 29.8 Å². The lowest BCUT2D eigenvalue weighted by Crippen LogP contribution is -2.45. The van der Waals surface area contributed by atoms with Crippen LogP contribution in [0.2, 0.25) is 0 Å². The van der Waals surface area contributed by atoms with Crippen molar-refractivity contribution in [3.05, 3.63) is 41.6 Å². The lowest BCUT2D eigenvalue weighted by molar-refractivity contribution is -0.124. The van der Waals surface area contributed by atoms with Gasteiger partial charge in [0.15, 0.2) is 0 Å². The van der Waals surface area contributed by atoms with Gasteiger partial charge in [0, 0.05) is 24.7 Å². The van der Waals surface area contributed by atoms with E-state index in [1.165, 1.54) is 5.56 Å². The summed E-state index contributed by atoms with van der Waals surface area (Å²) in [7, 11) is 0. The molecule has 0 unspecified atom stereocenters. The molecule has 1 amide bonds. The molecule has 2 aromatic rings. The standard InChI is InChI=1S/C18H24N4O/c1-12-3-6-14(7-4-12)17-16(9-20-21-17)11-22-10-15(18(19)23)8-5-13(22)2/h3-4,6-7,9,13,15H,5,8,10-11H2,1-2H3,(H2,19,23)(H,20,21)/t13-,15+/m0/s1. The van der Waals surface area contributed by atoms with E-state index in [4.69, 9.17) is 5.73 Å². The number of amides is 1. The molecule has 122 valence electrons. The molecule has 2 atom stereocenters. The first kappa shape index (κ1) is 15.7. The van der Waals surface area contributed by atoms with E-state index >= 15 is 0 Å². The van der Waals surface area contributed by atoms with Crippen molar-refractivity contribution < 1.29 is 4.79 Å². The zero-order valence-electron chi connectivity index (χ0n) is 13.7. The van der Waals surface area contributed by atoms with Crippen LogP contribution < -0.4 is 5.73 Å². The number of rotatable bonds is 4. The minimum Gasteiger partial charge on any atom is -0.369 e. The van der Waals surface area contributed by atoms with Crippen molar-refractivity contribution in [1.82, 2.24) is 15.1 Å². The van der Waals surface area contributed by atoms with Gasteiger partial charge in [0.05, 0.1) is 17.8 Å². The molecule has 1 aromatic carbocycles. The number of aromatic nitrogens is 2. The Balaban J connectivity index is 1.79. The number of nitrogens with two attached hydrogens (primary N) is 1. The zero-order chi connectivity index (χ0) is 16.4. The number of aromatic amines is 1. The Labute approximate surface area is 136 Å². The normalized spacial score (nSPS) is 22.2. The van der Waals surface area contributed by atoms with Gasteiger partial charge in [0.25, 0.3) is 0 Å². The second-order valence-electron chi connectivity index (χ2n) is 6.59. The number of piperidine rings is 1. The molecule has 5 nitrogen and oxygen atoms in total. The highest BCUT2D eigenvalue weighted by molar-refractivity contribution is 5.77. The Bertz CT molecular complexity index is 677. The van der Waals surface area contributed by atoms with Crippen molar-refractivity contribution in [2.75, 3.05) is 6.54 Å². The van der Waals surface area contributed by atoms with Crippen LogP contribution in [0.25, 0.3) is 11.3 Å². The Morgan fingerprint density at radius 3 is 2.78 bits per heavy atom. The van der Waals surface area contributed by atoms with Crippen molar-refractivity contribution >= 4 is 5.91 Å². The number of benzene rings is 1. The molecule has 1 aliphatic rings. The molecule has 23 heavy (non-hydrogen) atoms. The monoisotopic (exact) mass is 312 g/mol. The van der Waals surface area contributed by atoms with Gasteiger partial charge in [-0.25, -0.2) is 0 Å². The van der Waals surface area contributed by atoms with Crippen molar-refractivity contribution in [2.45, 2.75) is 39.3 Å². The van der Waals surface area contributed by atoms with E-state index < -0.39 is 0 Å². The van der Waals surface area contributed by atoms with Crippen molar-refractivity contribution in [2.24, 2.45) is 11.7 Å². The van der Waals surface area contributed by atoms with E-state index in [-0.39, 0.29) is 11.8 Å². The van der Waals surface area contributed by atoms with E-state index in [0.717, 1.165) is 42.8 Å². The largest absolute Gasteiger partial charge is 0.369 e. The average Bonchev–Trinajstić information content (AvgIpc) is 2.98. The molecule has 2 heterocycles. The highest BCUT2D eigenvalue weighted by Gasteiger charge is 2.29. The highest BCUT2D eigenvalue weighted by Crippen LogP contribution is 2.27. The first-order valence-electron chi connectivity index (χ1n) is 8.17. The lowest BCUT2D eigenvalue weighted by Gasteiger charge is -2.36. The molecule has 5 heteroatoms. The summed E-state index contributed by atoms with van der Waals surface area (Å²) in [5.41, 5.74) is 10.1. The molecular formula is C18H24N4O. The minimum atomic E-state index is -0.187. The summed E-state index contributed by atoms with van der Waals surface area (Å²) >= 11 is 0. The fourth-order valence-electron chi connectivity index (χ4n) is 3.25.